The summed E-state index contributed by atoms with van der Waals surface area (Å²) in [6.45, 7) is 5.35. The fourth-order valence-corrected chi connectivity index (χ4v) is 2.71. The fourth-order valence-electron chi connectivity index (χ4n) is 2.71. The Hall–Kier alpha value is -1.82. The van der Waals surface area contributed by atoms with Crippen LogP contribution in [0.3, 0.4) is 0 Å². The zero-order chi connectivity index (χ0) is 16.8. The number of rotatable bonds is 5. The number of aliphatic hydroxyl groups is 1. The van der Waals surface area contributed by atoms with Crippen LogP contribution in [0.5, 0.6) is 5.75 Å². The molecular weight excluding hydrogens is 299 g/mol. The highest BCUT2D eigenvalue weighted by molar-refractivity contribution is 5.91. The normalized spacial score (nSPS) is 19.3. The van der Waals surface area contributed by atoms with Crippen LogP contribution in [0.25, 0.3) is 0 Å². The molecule has 1 aliphatic heterocycles. The van der Waals surface area contributed by atoms with Gasteiger partial charge in [0.2, 0.25) is 0 Å². The number of halogens is 1. The van der Waals surface area contributed by atoms with Crippen molar-refractivity contribution >= 4 is 11.7 Å². The number of nitrogens with one attached hydrogen (secondary N) is 1. The molecule has 2 rings (SSSR count). The second-order valence-electron chi connectivity index (χ2n) is 6.01. The van der Waals surface area contributed by atoms with Crippen LogP contribution in [-0.2, 0) is 0 Å². The number of benzene rings is 1. The number of likely N-dealkylation sites (tertiary alicyclic amines) is 1. The van der Waals surface area contributed by atoms with Crippen LogP contribution in [-0.4, -0.2) is 41.8 Å². The Morgan fingerprint density at radius 2 is 2.35 bits per heavy atom. The summed E-state index contributed by atoms with van der Waals surface area (Å²) in [4.78, 5) is 14.1. The van der Waals surface area contributed by atoms with Gasteiger partial charge in [-0.15, -0.1) is 0 Å². The summed E-state index contributed by atoms with van der Waals surface area (Å²) in [5.41, 5.74) is 0.462. The van der Waals surface area contributed by atoms with Gasteiger partial charge in [-0.05, 0) is 38.3 Å². The van der Waals surface area contributed by atoms with E-state index in [-0.39, 0.29) is 11.9 Å². The van der Waals surface area contributed by atoms with E-state index in [9.17, 15) is 14.3 Å². The Morgan fingerprint density at radius 1 is 1.57 bits per heavy atom. The molecule has 0 aliphatic carbocycles. The topological polar surface area (TPSA) is 61.8 Å². The number of carbonyl (C=O) groups excluding carboxylic acids is 1. The summed E-state index contributed by atoms with van der Waals surface area (Å²) >= 11 is 0. The molecule has 2 atom stereocenters. The van der Waals surface area contributed by atoms with Crippen molar-refractivity contribution in [2.75, 3.05) is 25.0 Å². The lowest BCUT2D eigenvalue weighted by atomic mass is 9.94. The van der Waals surface area contributed by atoms with Gasteiger partial charge < -0.3 is 20.1 Å². The maximum absolute atomic E-state index is 13.4. The first-order valence-electron chi connectivity index (χ1n) is 8.17. The minimum Gasteiger partial charge on any atom is -0.491 e. The van der Waals surface area contributed by atoms with Gasteiger partial charge in [-0.3, -0.25) is 0 Å². The second kappa shape index (κ2) is 8.15. The van der Waals surface area contributed by atoms with Gasteiger partial charge in [0, 0.05) is 25.1 Å². The van der Waals surface area contributed by atoms with E-state index < -0.39 is 11.9 Å². The molecule has 0 radical (unpaired) electrons. The zero-order valence-corrected chi connectivity index (χ0v) is 13.7. The molecule has 2 amide bonds. The number of carbonyl (C=O) groups is 1. The molecule has 0 aromatic heterocycles. The predicted octanol–water partition coefficient (Wildman–Crippen LogP) is 3.24. The number of anilines is 1. The summed E-state index contributed by atoms with van der Waals surface area (Å²) in [6, 6.07) is 3.83. The molecule has 1 fully saturated rings. The van der Waals surface area contributed by atoms with Crippen LogP contribution >= 0.6 is 0 Å². The maximum Gasteiger partial charge on any atom is 0.321 e. The summed E-state index contributed by atoms with van der Waals surface area (Å²) in [5.74, 6) is 0.0315. The molecule has 2 unspecified atom stereocenters. The largest absolute Gasteiger partial charge is 0.491 e. The van der Waals surface area contributed by atoms with Crippen LogP contribution in [0.2, 0.25) is 0 Å². The van der Waals surface area contributed by atoms with E-state index in [0.29, 0.717) is 31.1 Å². The highest BCUT2D eigenvalue weighted by Gasteiger charge is 2.26. The van der Waals surface area contributed by atoms with Crippen molar-refractivity contribution in [3.63, 3.8) is 0 Å². The number of urea groups is 1. The molecule has 1 aromatic rings. The SMILES string of the molecule is CCCOc1cc(F)ccc1NC(=O)N1CCCC(C(C)O)C1. The molecule has 1 aliphatic rings. The fraction of sp³-hybridized carbons (Fsp3) is 0.588. The van der Waals surface area contributed by atoms with Gasteiger partial charge in [-0.1, -0.05) is 6.92 Å². The molecule has 128 valence electrons. The molecule has 23 heavy (non-hydrogen) atoms. The monoisotopic (exact) mass is 324 g/mol. The summed E-state index contributed by atoms with van der Waals surface area (Å²) in [7, 11) is 0. The van der Waals surface area contributed by atoms with Crippen molar-refractivity contribution in [2.24, 2.45) is 5.92 Å². The number of amides is 2. The standard InChI is InChI=1S/C17H25FN2O3/c1-3-9-23-16-10-14(18)6-7-15(16)19-17(22)20-8-4-5-13(11-20)12(2)21/h6-7,10,12-13,21H,3-5,8-9,11H2,1-2H3,(H,19,22). The third-order valence-electron chi connectivity index (χ3n) is 4.07. The Labute approximate surface area is 136 Å². The number of nitrogens with zero attached hydrogens (tertiary/aromatic N) is 1. The van der Waals surface area contributed by atoms with Crippen molar-refractivity contribution in [3.05, 3.63) is 24.0 Å². The molecule has 0 saturated carbocycles. The third-order valence-corrected chi connectivity index (χ3v) is 4.07. The van der Waals surface area contributed by atoms with Crippen molar-refractivity contribution < 1.29 is 19.0 Å². The first-order chi connectivity index (χ1) is 11.0. The molecule has 0 spiro atoms. The van der Waals surface area contributed by atoms with E-state index in [0.717, 1.165) is 19.3 Å². The maximum atomic E-state index is 13.4. The molecule has 0 bridgehead atoms. The lowest BCUT2D eigenvalue weighted by Crippen LogP contribution is -2.44. The van der Waals surface area contributed by atoms with E-state index in [1.807, 2.05) is 6.92 Å². The van der Waals surface area contributed by atoms with E-state index in [2.05, 4.69) is 5.32 Å². The number of piperidine rings is 1. The molecule has 1 saturated heterocycles. The summed E-state index contributed by atoms with van der Waals surface area (Å²) in [5, 5.41) is 12.5. The molecule has 1 aromatic carbocycles. The Bertz CT molecular complexity index is 537. The highest BCUT2D eigenvalue weighted by Crippen LogP contribution is 2.27. The predicted molar refractivity (Wildman–Crippen MR) is 87.2 cm³/mol. The molecule has 5 nitrogen and oxygen atoms in total. The average Bonchev–Trinajstić information content (AvgIpc) is 2.55. The molecular formula is C17H25FN2O3. The van der Waals surface area contributed by atoms with E-state index >= 15 is 0 Å². The first-order valence-corrected chi connectivity index (χ1v) is 8.17. The second-order valence-corrected chi connectivity index (χ2v) is 6.01. The minimum absolute atomic E-state index is 0.0959. The van der Waals surface area contributed by atoms with Gasteiger partial charge in [0.05, 0.1) is 18.4 Å². The van der Waals surface area contributed by atoms with Gasteiger partial charge in [-0.2, -0.15) is 0 Å². The Kier molecular flexibility index (Phi) is 6.21. The average molecular weight is 324 g/mol. The number of aliphatic hydroxyl groups excluding tert-OH is 1. The summed E-state index contributed by atoms with van der Waals surface area (Å²) in [6.07, 6.45) is 2.15. The Balaban J connectivity index is 2.04. The van der Waals surface area contributed by atoms with Crippen molar-refractivity contribution in [1.29, 1.82) is 0 Å². The van der Waals surface area contributed by atoms with E-state index in [1.54, 1.807) is 11.8 Å². The van der Waals surface area contributed by atoms with Crippen molar-refractivity contribution in [1.82, 2.24) is 4.90 Å². The number of hydrogen-bond acceptors (Lipinski definition) is 3. The Morgan fingerprint density at radius 3 is 3.04 bits per heavy atom. The van der Waals surface area contributed by atoms with Gasteiger partial charge in [0.1, 0.15) is 11.6 Å². The highest BCUT2D eigenvalue weighted by atomic mass is 19.1. The minimum atomic E-state index is -0.431. The zero-order valence-electron chi connectivity index (χ0n) is 13.7. The van der Waals surface area contributed by atoms with Gasteiger partial charge in [0.15, 0.2) is 0 Å². The van der Waals surface area contributed by atoms with Crippen molar-refractivity contribution in [2.45, 2.75) is 39.2 Å². The smallest absolute Gasteiger partial charge is 0.321 e. The van der Waals surface area contributed by atoms with E-state index in [1.165, 1.54) is 18.2 Å². The van der Waals surface area contributed by atoms with Crippen LogP contribution in [0, 0.1) is 11.7 Å². The van der Waals surface area contributed by atoms with Crippen LogP contribution < -0.4 is 10.1 Å². The van der Waals surface area contributed by atoms with Crippen molar-refractivity contribution in [3.8, 4) is 5.75 Å². The number of hydrogen-bond donors (Lipinski definition) is 2. The van der Waals surface area contributed by atoms with Crippen LogP contribution in [0.15, 0.2) is 18.2 Å². The molecule has 2 N–H and O–H groups in total. The summed E-state index contributed by atoms with van der Waals surface area (Å²) < 4.78 is 18.9. The van der Waals surface area contributed by atoms with Gasteiger partial charge in [-0.25, -0.2) is 9.18 Å². The van der Waals surface area contributed by atoms with Crippen LogP contribution in [0.1, 0.15) is 33.1 Å². The van der Waals surface area contributed by atoms with Gasteiger partial charge >= 0.3 is 6.03 Å². The molecule has 1 heterocycles. The lowest BCUT2D eigenvalue weighted by molar-refractivity contribution is 0.0766. The lowest BCUT2D eigenvalue weighted by Gasteiger charge is -2.34. The third kappa shape index (κ3) is 4.82. The quantitative estimate of drug-likeness (QED) is 0.874. The first kappa shape index (κ1) is 17.5. The number of ether oxygens (including phenoxy) is 1. The van der Waals surface area contributed by atoms with E-state index in [4.69, 9.17) is 4.74 Å². The van der Waals surface area contributed by atoms with Crippen LogP contribution in [0.4, 0.5) is 14.9 Å². The van der Waals surface area contributed by atoms with Gasteiger partial charge in [0.25, 0.3) is 0 Å². The molecule has 6 heteroatoms.